The van der Waals surface area contributed by atoms with Gasteiger partial charge < -0.3 is 21.5 Å². The molecule has 0 bridgehead atoms. The molecule has 1 saturated heterocycles. The zero-order valence-electron chi connectivity index (χ0n) is 12.2. The van der Waals surface area contributed by atoms with Crippen LogP contribution in [0.5, 0.6) is 0 Å². The van der Waals surface area contributed by atoms with Crippen LogP contribution in [0.3, 0.4) is 0 Å². The van der Waals surface area contributed by atoms with E-state index in [4.69, 9.17) is 16.2 Å². The highest BCUT2D eigenvalue weighted by Gasteiger charge is 2.18. The molecule has 0 aliphatic carbocycles. The van der Waals surface area contributed by atoms with Crippen molar-refractivity contribution in [3.05, 3.63) is 4.88 Å². The van der Waals surface area contributed by atoms with Crippen LogP contribution in [0.25, 0.3) is 0 Å². The molecule has 2 heterocycles. The predicted molar refractivity (Wildman–Crippen MR) is 89.4 cm³/mol. The molecule has 5 N–H and O–H groups in total. The Balaban J connectivity index is 1.84. The summed E-state index contributed by atoms with van der Waals surface area (Å²) in [6.07, 6.45) is 2.99. The molecule has 0 unspecified atom stereocenters. The molecule has 1 aromatic rings. The summed E-state index contributed by atoms with van der Waals surface area (Å²) in [6, 6.07) is 0. The van der Waals surface area contributed by atoms with Gasteiger partial charge in [0.15, 0.2) is 0 Å². The van der Waals surface area contributed by atoms with E-state index in [2.05, 4.69) is 10.2 Å². The van der Waals surface area contributed by atoms with Crippen molar-refractivity contribution in [2.75, 3.05) is 56.7 Å². The van der Waals surface area contributed by atoms with Crippen LogP contribution >= 0.6 is 23.1 Å². The van der Waals surface area contributed by atoms with E-state index in [1.54, 1.807) is 0 Å². The van der Waals surface area contributed by atoms with Crippen molar-refractivity contribution in [2.24, 2.45) is 5.73 Å². The fraction of sp³-hybridized carbons (Fsp3) is 0.615. The lowest BCUT2D eigenvalue weighted by atomic mass is 10.3. The normalized spacial score (nSPS) is 16.0. The van der Waals surface area contributed by atoms with E-state index >= 15 is 0 Å². The second-order valence-electron chi connectivity index (χ2n) is 4.81. The van der Waals surface area contributed by atoms with E-state index in [9.17, 15) is 4.79 Å². The van der Waals surface area contributed by atoms with Crippen LogP contribution in [-0.2, 0) is 4.74 Å². The quantitative estimate of drug-likeness (QED) is 0.515. The Bertz CT molecular complexity index is 487. The molecule has 1 aliphatic rings. The first-order valence-electron chi connectivity index (χ1n) is 6.93. The number of morpholine rings is 1. The molecule has 6 nitrogen and oxygen atoms in total. The van der Waals surface area contributed by atoms with Gasteiger partial charge >= 0.3 is 0 Å². The number of amides is 1. The third kappa shape index (κ3) is 4.26. The van der Waals surface area contributed by atoms with Crippen LogP contribution in [0.2, 0.25) is 0 Å². The van der Waals surface area contributed by atoms with E-state index in [0.717, 1.165) is 55.7 Å². The van der Waals surface area contributed by atoms with Gasteiger partial charge in [-0.15, -0.1) is 23.1 Å². The number of nitrogens with zero attached hydrogens (tertiary/aromatic N) is 1. The Morgan fingerprint density at radius 3 is 2.81 bits per heavy atom. The summed E-state index contributed by atoms with van der Waals surface area (Å²) in [5.41, 5.74) is 11.8. The first-order chi connectivity index (χ1) is 10.1. The molecule has 21 heavy (non-hydrogen) atoms. The highest BCUT2D eigenvalue weighted by Crippen LogP contribution is 2.41. The summed E-state index contributed by atoms with van der Waals surface area (Å²) in [5.74, 6) is -0.464. The summed E-state index contributed by atoms with van der Waals surface area (Å²) in [7, 11) is 0. The average Bonchev–Trinajstić information content (AvgIpc) is 2.81. The molecule has 0 saturated carbocycles. The highest BCUT2D eigenvalue weighted by atomic mass is 32.2. The highest BCUT2D eigenvalue weighted by molar-refractivity contribution is 7.99. The average molecular weight is 330 g/mol. The van der Waals surface area contributed by atoms with Crippen LogP contribution in [0, 0.1) is 0 Å². The fourth-order valence-electron chi connectivity index (χ4n) is 2.26. The van der Waals surface area contributed by atoms with E-state index in [-0.39, 0.29) is 0 Å². The van der Waals surface area contributed by atoms with Crippen molar-refractivity contribution in [1.82, 2.24) is 4.90 Å². The fourth-order valence-corrected chi connectivity index (χ4v) is 4.17. The zero-order valence-corrected chi connectivity index (χ0v) is 13.8. The Kier molecular flexibility index (Phi) is 6.16. The van der Waals surface area contributed by atoms with Crippen molar-refractivity contribution in [1.29, 1.82) is 0 Å². The summed E-state index contributed by atoms with van der Waals surface area (Å²) in [4.78, 5) is 15.1. The van der Waals surface area contributed by atoms with E-state index in [1.165, 1.54) is 23.1 Å². The van der Waals surface area contributed by atoms with Gasteiger partial charge in [-0.05, 0) is 19.2 Å². The number of carbonyl (C=O) groups excluding carboxylic acids is 1. The molecule has 1 aromatic heterocycles. The summed E-state index contributed by atoms with van der Waals surface area (Å²) < 4.78 is 5.33. The van der Waals surface area contributed by atoms with Crippen LogP contribution in [0.4, 0.5) is 10.7 Å². The van der Waals surface area contributed by atoms with E-state index in [1.807, 2.05) is 6.26 Å². The Hall–Kier alpha value is -0.960. The van der Waals surface area contributed by atoms with Crippen LogP contribution in [0.1, 0.15) is 16.1 Å². The Morgan fingerprint density at radius 1 is 1.48 bits per heavy atom. The number of ether oxygens (including phenoxy) is 1. The number of hydrogen-bond donors (Lipinski definition) is 3. The van der Waals surface area contributed by atoms with Gasteiger partial charge in [-0.1, -0.05) is 0 Å². The van der Waals surface area contributed by atoms with Gasteiger partial charge in [0.1, 0.15) is 9.88 Å². The zero-order chi connectivity index (χ0) is 15.2. The number of anilines is 2. The van der Waals surface area contributed by atoms with Crippen LogP contribution in [0.15, 0.2) is 4.90 Å². The molecular formula is C13H22N4O2S2. The number of primary amides is 1. The summed E-state index contributed by atoms with van der Waals surface area (Å²) in [5, 5.41) is 4.31. The molecule has 1 amide bonds. The molecule has 0 radical (unpaired) electrons. The second-order valence-corrected chi connectivity index (χ2v) is 6.64. The third-order valence-corrected chi connectivity index (χ3v) is 5.51. The van der Waals surface area contributed by atoms with Gasteiger partial charge in [0.25, 0.3) is 5.91 Å². The number of hydrogen-bond acceptors (Lipinski definition) is 7. The number of thiophene rings is 1. The summed E-state index contributed by atoms with van der Waals surface area (Å²) in [6.45, 7) is 5.57. The molecule has 0 atom stereocenters. The largest absolute Gasteiger partial charge is 0.396 e. The summed E-state index contributed by atoms with van der Waals surface area (Å²) >= 11 is 2.87. The molecule has 0 aromatic carbocycles. The second kappa shape index (κ2) is 7.88. The van der Waals surface area contributed by atoms with Gasteiger partial charge in [0.2, 0.25) is 0 Å². The lowest BCUT2D eigenvalue weighted by Crippen LogP contribution is -2.37. The maximum absolute atomic E-state index is 11.3. The Labute approximate surface area is 133 Å². The molecule has 118 valence electrons. The Morgan fingerprint density at radius 2 is 2.19 bits per heavy atom. The van der Waals surface area contributed by atoms with Gasteiger partial charge in [0.05, 0.1) is 23.8 Å². The number of nitrogens with two attached hydrogens (primary N) is 2. The monoisotopic (exact) mass is 330 g/mol. The van der Waals surface area contributed by atoms with E-state index < -0.39 is 5.91 Å². The minimum absolute atomic E-state index is 0.440. The van der Waals surface area contributed by atoms with Crippen molar-refractivity contribution in [2.45, 2.75) is 11.3 Å². The first-order valence-corrected chi connectivity index (χ1v) is 8.97. The third-order valence-electron chi connectivity index (χ3n) is 3.37. The molecular weight excluding hydrogens is 308 g/mol. The van der Waals surface area contributed by atoms with Crippen molar-refractivity contribution < 1.29 is 9.53 Å². The SMILES string of the molecule is CSc1c(NCCCN2CCOCC2)sc(C(N)=O)c1N. The molecule has 1 fully saturated rings. The number of carbonyl (C=O) groups is 1. The minimum atomic E-state index is -0.464. The smallest absolute Gasteiger partial charge is 0.261 e. The standard InChI is InChI=1S/C13H22N4O2S2/c1-20-11-9(14)10(12(15)18)21-13(11)16-3-2-4-17-5-7-19-8-6-17/h16H,2-8,14H2,1H3,(H2,15,18). The maximum Gasteiger partial charge on any atom is 0.261 e. The first kappa shape index (κ1) is 16.4. The van der Waals surface area contributed by atoms with Gasteiger partial charge in [-0.2, -0.15) is 0 Å². The van der Waals surface area contributed by atoms with E-state index in [0.29, 0.717) is 10.6 Å². The molecule has 0 spiro atoms. The molecule has 8 heteroatoms. The lowest BCUT2D eigenvalue weighted by molar-refractivity contribution is 0.0378. The number of nitrogen functional groups attached to an aromatic ring is 1. The molecule has 1 aliphatic heterocycles. The lowest BCUT2D eigenvalue weighted by Gasteiger charge is -2.26. The number of rotatable bonds is 7. The van der Waals surface area contributed by atoms with Gasteiger partial charge in [0, 0.05) is 19.6 Å². The maximum atomic E-state index is 11.3. The van der Waals surface area contributed by atoms with Gasteiger partial charge in [-0.25, -0.2) is 0 Å². The number of nitrogens with one attached hydrogen (secondary N) is 1. The van der Waals surface area contributed by atoms with Crippen LogP contribution < -0.4 is 16.8 Å². The number of thioether (sulfide) groups is 1. The predicted octanol–water partition coefficient (Wildman–Crippen LogP) is 1.29. The van der Waals surface area contributed by atoms with Gasteiger partial charge in [-0.3, -0.25) is 9.69 Å². The van der Waals surface area contributed by atoms with Crippen molar-refractivity contribution in [3.8, 4) is 0 Å². The van der Waals surface area contributed by atoms with Crippen molar-refractivity contribution in [3.63, 3.8) is 0 Å². The molecule has 2 rings (SSSR count). The van der Waals surface area contributed by atoms with Crippen LogP contribution in [-0.4, -0.2) is 56.5 Å². The van der Waals surface area contributed by atoms with Crippen molar-refractivity contribution >= 4 is 39.7 Å². The minimum Gasteiger partial charge on any atom is -0.396 e. The topological polar surface area (TPSA) is 93.6 Å².